The third kappa shape index (κ3) is 3.71. The molecule has 0 spiro atoms. The molecule has 1 aromatic carbocycles. The Morgan fingerprint density at radius 1 is 1.12 bits per heavy atom. The topological polar surface area (TPSA) is 29.6 Å². The summed E-state index contributed by atoms with van der Waals surface area (Å²) in [6.07, 6.45) is 0. The molecule has 2 aromatic heterocycles. The Labute approximate surface area is 148 Å². The maximum Gasteiger partial charge on any atom is 0.206 e. The summed E-state index contributed by atoms with van der Waals surface area (Å²) in [5, 5.41) is 8.83. The molecule has 0 aliphatic rings. The summed E-state index contributed by atoms with van der Waals surface area (Å²) in [5.41, 5.74) is 2.76. The number of thiophene rings is 1. The molecule has 0 radical (unpaired) electrons. The second-order valence-corrected chi connectivity index (χ2v) is 7.39. The molecule has 0 aliphatic heterocycles. The zero-order valence-electron chi connectivity index (χ0n) is 13.7. The van der Waals surface area contributed by atoms with E-state index >= 15 is 0 Å². The first-order chi connectivity index (χ1) is 11.5. The van der Waals surface area contributed by atoms with E-state index in [2.05, 4.69) is 4.99 Å². The number of hydrogen-bond donors (Lipinski definition) is 0. The van der Waals surface area contributed by atoms with Crippen molar-refractivity contribution in [1.82, 2.24) is 4.68 Å². The highest BCUT2D eigenvalue weighted by atomic mass is 32.1. The zero-order chi connectivity index (χ0) is 17.1. The molecule has 3 aromatic rings. The fraction of sp³-hybridized carbons (Fsp3) is 0.222. The van der Waals surface area contributed by atoms with Crippen LogP contribution in [0.25, 0.3) is 11.3 Å². The summed E-state index contributed by atoms with van der Waals surface area (Å²) in [6.45, 7) is 6.07. The molecule has 2 heterocycles. The Morgan fingerprint density at radius 3 is 2.50 bits per heavy atom. The number of aromatic nitrogens is 1. The molecule has 0 amide bonds. The van der Waals surface area contributed by atoms with Gasteiger partial charge in [-0.3, -0.25) is 4.99 Å². The Balaban J connectivity index is 2.16. The molecule has 3 rings (SSSR count). The first-order valence-corrected chi connectivity index (χ1v) is 9.40. The summed E-state index contributed by atoms with van der Waals surface area (Å²) in [6, 6.07) is 10.7. The van der Waals surface area contributed by atoms with Crippen molar-refractivity contribution in [2.45, 2.75) is 26.8 Å². The van der Waals surface area contributed by atoms with Gasteiger partial charge in [0.25, 0.3) is 0 Å². The zero-order valence-corrected chi connectivity index (χ0v) is 15.4. The van der Waals surface area contributed by atoms with Crippen LogP contribution in [-0.4, -0.2) is 16.4 Å². The minimum Gasteiger partial charge on any atom is -0.255 e. The minimum absolute atomic E-state index is 0.174. The van der Waals surface area contributed by atoms with Crippen LogP contribution in [0.15, 0.2) is 57.3 Å². The summed E-state index contributed by atoms with van der Waals surface area (Å²) in [4.78, 5) is 6.61. The highest BCUT2D eigenvalue weighted by Crippen LogP contribution is 2.21. The molecule has 0 unspecified atom stereocenters. The summed E-state index contributed by atoms with van der Waals surface area (Å²) in [7, 11) is 0. The van der Waals surface area contributed by atoms with E-state index in [-0.39, 0.29) is 11.9 Å². The molecule has 0 saturated heterocycles. The van der Waals surface area contributed by atoms with Gasteiger partial charge in [-0.1, -0.05) is 6.07 Å². The van der Waals surface area contributed by atoms with Crippen molar-refractivity contribution >= 4 is 28.4 Å². The van der Waals surface area contributed by atoms with Crippen LogP contribution in [0.4, 0.5) is 4.39 Å². The number of thiazole rings is 1. The average molecular weight is 359 g/mol. The normalized spacial score (nSPS) is 13.0. The maximum atomic E-state index is 13.2. The summed E-state index contributed by atoms with van der Waals surface area (Å²) < 4.78 is 15.1. The van der Waals surface area contributed by atoms with Crippen LogP contribution in [0.2, 0.25) is 0 Å². The number of benzene rings is 1. The predicted molar refractivity (Wildman–Crippen MR) is 100 cm³/mol. The third-order valence-corrected chi connectivity index (χ3v) is 5.13. The van der Waals surface area contributed by atoms with Crippen LogP contribution in [-0.2, 0) is 0 Å². The van der Waals surface area contributed by atoms with Crippen LogP contribution in [0, 0.1) is 5.82 Å². The van der Waals surface area contributed by atoms with Gasteiger partial charge in [0.1, 0.15) is 5.82 Å². The van der Waals surface area contributed by atoms with E-state index in [4.69, 9.17) is 5.10 Å². The van der Waals surface area contributed by atoms with E-state index in [9.17, 15) is 4.39 Å². The van der Waals surface area contributed by atoms with Crippen molar-refractivity contribution in [2.24, 2.45) is 10.1 Å². The van der Waals surface area contributed by atoms with E-state index in [1.165, 1.54) is 12.1 Å². The lowest BCUT2D eigenvalue weighted by Gasteiger charge is -2.06. The molecule has 0 saturated carbocycles. The van der Waals surface area contributed by atoms with Gasteiger partial charge >= 0.3 is 0 Å². The van der Waals surface area contributed by atoms with Gasteiger partial charge in [-0.15, -0.1) is 22.7 Å². The predicted octanol–water partition coefficient (Wildman–Crippen LogP) is 5.00. The lowest BCUT2D eigenvalue weighted by Crippen LogP contribution is -2.15. The third-order valence-electron chi connectivity index (χ3n) is 3.32. The lowest BCUT2D eigenvalue weighted by molar-refractivity contribution is 0.628. The molecule has 24 heavy (non-hydrogen) atoms. The molecular formula is C18H18FN3S2. The first-order valence-electron chi connectivity index (χ1n) is 7.64. The van der Waals surface area contributed by atoms with E-state index in [0.717, 1.165) is 26.6 Å². The largest absolute Gasteiger partial charge is 0.255 e. The van der Waals surface area contributed by atoms with Gasteiger partial charge in [-0.25, -0.2) is 9.07 Å². The Hall–Kier alpha value is -2.05. The molecule has 0 N–H and O–H groups in total. The van der Waals surface area contributed by atoms with Crippen molar-refractivity contribution in [3.05, 3.63) is 62.7 Å². The standard InChI is InChI=1S/C18H18FN3S2/c1-12(2)20-18-22(21-13(3)17-5-4-10-23-17)16(11-24-18)14-6-8-15(19)9-7-14/h4-12H,1-3H3. The van der Waals surface area contributed by atoms with Gasteiger partial charge in [-0.05, 0) is 56.5 Å². The van der Waals surface area contributed by atoms with E-state index in [0.29, 0.717) is 0 Å². The van der Waals surface area contributed by atoms with Gasteiger partial charge in [0.2, 0.25) is 4.80 Å². The number of rotatable bonds is 4. The Bertz CT molecular complexity index is 901. The monoisotopic (exact) mass is 359 g/mol. The minimum atomic E-state index is -0.245. The number of nitrogens with zero attached hydrogens (tertiary/aromatic N) is 3. The highest BCUT2D eigenvalue weighted by molar-refractivity contribution is 7.12. The fourth-order valence-electron chi connectivity index (χ4n) is 2.21. The van der Waals surface area contributed by atoms with Crippen molar-refractivity contribution in [3.63, 3.8) is 0 Å². The molecule has 0 atom stereocenters. The van der Waals surface area contributed by atoms with Gasteiger partial charge in [0, 0.05) is 17.0 Å². The molecule has 6 heteroatoms. The van der Waals surface area contributed by atoms with Gasteiger partial charge < -0.3 is 0 Å². The molecular weight excluding hydrogens is 341 g/mol. The van der Waals surface area contributed by atoms with E-state index < -0.39 is 0 Å². The average Bonchev–Trinajstić information content (AvgIpc) is 3.19. The van der Waals surface area contributed by atoms with Crippen molar-refractivity contribution < 1.29 is 4.39 Å². The van der Waals surface area contributed by atoms with Crippen LogP contribution < -0.4 is 4.80 Å². The smallest absolute Gasteiger partial charge is 0.206 e. The van der Waals surface area contributed by atoms with E-state index in [1.807, 2.05) is 48.3 Å². The summed E-state index contributed by atoms with van der Waals surface area (Å²) in [5.74, 6) is -0.245. The number of halogens is 1. The van der Waals surface area contributed by atoms with Crippen LogP contribution in [0.3, 0.4) is 0 Å². The molecule has 0 bridgehead atoms. The van der Waals surface area contributed by atoms with Gasteiger partial charge in [0.05, 0.1) is 16.3 Å². The highest BCUT2D eigenvalue weighted by Gasteiger charge is 2.09. The van der Waals surface area contributed by atoms with Crippen molar-refractivity contribution in [3.8, 4) is 11.3 Å². The Morgan fingerprint density at radius 2 is 1.88 bits per heavy atom. The van der Waals surface area contributed by atoms with Crippen LogP contribution in [0.1, 0.15) is 25.6 Å². The summed E-state index contributed by atoms with van der Waals surface area (Å²) >= 11 is 3.20. The molecule has 124 valence electrons. The lowest BCUT2D eigenvalue weighted by atomic mass is 10.2. The van der Waals surface area contributed by atoms with Crippen LogP contribution >= 0.6 is 22.7 Å². The molecule has 0 fully saturated rings. The maximum absolute atomic E-state index is 13.2. The van der Waals surface area contributed by atoms with Crippen molar-refractivity contribution in [1.29, 1.82) is 0 Å². The Kier molecular flexibility index (Phi) is 5.06. The molecule has 0 aliphatic carbocycles. The SMILES string of the molecule is CC(=Nn1c(-c2ccc(F)cc2)csc1=NC(C)C)c1cccs1. The quantitative estimate of drug-likeness (QED) is 0.587. The second kappa shape index (κ2) is 7.23. The van der Waals surface area contributed by atoms with Gasteiger partial charge in [0.15, 0.2) is 0 Å². The van der Waals surface area contributed by atoms with Crippen molar-refractivity contribution in [2.75, 3.05) is 0 Å². The molecule has 3 nitrogen and oxygen atoms in total. The fourth-order valence-corrected chi connectivity index (χ4v) is 3.84. The first kappa shape index (κ1) is 16.8. The number of hydrogen-bond acceptors (Lipinski definition) is 4. The van der Waals surface area contributed by atoms with E-state index in [1.54, 1.807) is 34.8 Å². The second-order valence-electron chi connectivity index (χ2n) is 5.61. The van der Waals surface area contributed by atoms with Crippen LogP contribution in [0.5, 0.6) is 0 Å². The van der Waals surface area contributed by atoms with Gasteiger partial charge in [-0.2, -0.15) is 5.10 Å².